The van der Waals surface area contributed by atoms with E-state index in [1.165, 1.54) is 7.11 Å². The Kier molecular flexibility index (Phi) is 6.89. The number of hydrogen-bond donors (Lipinski definition) is 2. The number of para-hydroxylation sites is 1. The van der Waals surface area contributed by atoms with Crippen LogP contribution in [0.2, 0.25) is 0 Å². The van der Waals surface area contributed by atoms with Crippen molar-refractivity contribution in [1.29, 1.82) is 0 Å². The van der Waals surface area contributed by atoms with Gasteiger partial charge in [-0.05, 0) is 48.5 Å². The summed E-state index contributed by atoms with van der Waals surface area (Å²) >= 11 is 0. The molecule has 7 nitrogen and oxygen atoms in total. The van der Waals surface area contributed by atoms with E-state index in [1.807, 2.05) is 36.4 Å². The first-order valence-electron chi connectivity index (χ1n) is 9.11. The van der Waals surface area contributed by atoms with Gasteiger partial charge in [0.15, 0.2) is 0 Å². The van der Waals surface area contributed by atoms with Gasteiger partial charge in [0, 0.05) is 6.54 Å². The number of amides is 1. The van der Waals surface area contributed by atoms with E-state index < -0.39 is 0 Å². The molecule has 0 saturated heterocycles. The number of pyridine rings is 1. The van der Waals surface area contributed by atoms with E-state index in [9.17, 15) is 4.79 Å². The van der Waals surface area contributed by atoms with Crippen molar-refractivity contribution in [2.45, 2.75) is 0 Å². The predicted octanol–water partition coefficient (Wildman–Crippen LogP) is 3.84. The maximum Gasteiger partial charge on any atom is 0.260 e. The zero-order valence-corrected chi connectivity index (χ0v) is 16.3. The largest absolute Gasteiger partial charge is 0.497 e. The quantitative estimate of drug-likeness (QED) is 0.538. The van der Waals surface area contributed by atoms with Gasteiger partial charge >= 0.3 is 0 Å². The van der Waals surface area contributed by atoms with Gasteiger partial charge in [0.25, 0.3) is 5.91 Å². The van der Waals surface area contributed by atoms with Crippen LogP contribution < -0.4 is 24.8 Å². The fourth-order valence-corrected chi connectivity index (χ4v) is 2.62. The van der Waals surface area contributed by atoms with Crippen LogP contribution in [0.3, 0.4) is 0 Å². The summed E-state index contributed by atoms with van der Waals surface area (Å²) in [6.45, 7) is 1.11. The molecule has 0 fully saturated rings. The van der Waals surface area contributed by atoms with Crippen LogP contribution in [0, 0.1) is 0 Å². The molecular weight excluding hydrogens is 370 g/mol. The summed E-state index contributed by atoms with van der Waals surface area (Å²) in [5.41, 5.74) is 1.29. The summed E-state index contributed by atoms with van der Waals surface area (Å²) in [7, 11) is 3.16. The van der Waals surface area contributed by atoms with Gasteiger partial charge in [0.2, 0.25) is 0 Å². The molecule has 0 spiro atoms. The Morgan fingerprint density at radius 3 is 2.38 bits per heavy atom. The Hall–Kier alpha value is -3.74. The maximum absolute atomic E-state index is 12.4. The van der Waals surface area contributed by atoms with E-state index >= 15 is 0 Å². The average molecular weight is 393 g/mol. The third-order valence-corrected chi connectivity index (χ3v) is 4.12. The van der Waals surface area contributed by atoms with Gasteiger partial charge in [0.1, 0.15) is 29.7 Å². The van der Waals surface area contributed by atoms with E-state index in [2.05, 4.69) is 15.6 Å². The molecule has 0 aliphatic heterocycles. The molecule has 1 aromatic heterocycles. The Labute approximate surface area is 169 Å². The number of benzene rings is 2. The van der Waals surface area contributed by atoms with E-state index in [0.29, 0.717) is 30.3 Å². The topological polar surface area (TPSA) is 81.7 Å². The third-order valence-electron chi connectivity index (χ3n) is 4.12. The van der Waals surface area contributed by atoms with E-state index in [4.69, 9.17) is 14.2 Å². The van der Waals surface area contributed by atoms with Crippen LogP contribution in [0.15, 0.2) is 66.9 Å². The zero-order valence-electron chi connectivity index (χ0n) is 16.3. The maximum atomic E-state index is 12.4. The Balaban J connectivity index is 1.46. The second kappa shape index (κ2) is 9.98. The molecule has 7 heteroatoms. The number of nitrogens with one attached hydrogen (secondary N) is 2. The van der Waals surface area contributed by atoms with Gasteiger partial charge in [-0.1, -0.05) is 12.1 Å². The van der Waals surface area contributed by atoms with Crippen molar-refractivity contribution in [3.05, 3.63) is 72.4 Å². The molecule has 0 unspecified atom stereocenters. The monoisotopic (exact) mass is 393 g/mol. The SMILES string of the molecule is COc1ccc(OCCNc2ccc(NC(=O)c3ccccc3OC)nc2)cc1. The highest BCUT2D eigenvalue weighted by atomic mass is 16.5. The lowest BCUT2D eigenvalue weighted by Gasteiger charge is -2.10. The highest BCUT2D eigenvalue weighted by Gasteiger charge is 2.12. The Bertz CT molecular complexity index is 928. The van der Waals surface area contributed by atoms with Crippen molar-refractivity contribution in [2.24, 2.45) is 0 Å². The number of carbonyl (C=O) groups excluding carboxylic acids is 1. The number of methoxy groups -OCH3 is 2. The van der Waals surface area contributed by atoms with Crippen LogP contribution in [0.5, 0.6) is 17.2 Å². The van der Waals surface area contributed by atoms with Crippen LogP contribution >= 0.6 is 0 Å². The molecule has 1 amide bonds. The lowest BCUT2D eigenvalue weighted by molar-refractivity contribution is 0.102. The smallest absolute Gasteiger partial charge is 0.260 e. The van der Waals surface area contributed by atoms with Gasteiger partial charge in [-0.3, -0.25) is 4.79 Å². The van der Waals surface area contributed by atoms with E-state index in [1.54, 1.807) is 37.6 Å². The summed E-state index contributed by atoms with van der Waals surface area (Å²) in [6.07, 6.45) is 1.66. The second-order valence-electron chi connectivity index (χ2n) is 6.04. The average Bonchev–Trinajstić information content (AvgIpc) is 2.78. The van der Waals surface area contributed by atoms with Crippen LogP contribution in [-0.2, 0) is 0 Å². The number of anilines is 2. The zero-order chi connectivity index (χ0) is 20.5. The Morgan fingerprint density at radius 2 is 1.69 bits per heavy atom. The van der Waals surface area contributed by atoms with Gasteiger partial charge in [-0.15, -0.1) is 0 Å². The molecule has 3 rings (SSSR count). The van der Waals surface area contributed by atoms with Crippen molar-refractivity contribution < 1.29 is 19.0 Å². The van der Waals surface area contributed by atoms with Gasteiger partial charge in [-0.2, -0.15) is 0 Å². The molecule has 0 aliphatic carbocycles. The number of ether oxygens (including phenoxy) is 3. The predicted molar refractivity (Wildman–Crippen MR) is 112 cm³/mol. The first-order valence-corrected chi connectivity index (χ1v) is 9.11. The summed E-state index contributed by atoms with van der Waals surface area (Å²) in [5, 5.41) is 5.99. The molecule has 2 N–H and O–H groups in total. The molecule has 0 bridgehead atoms. The second-order valence-corrected chi connectivity index (χ2v) is 6.04. The minimum atomic E-state index is -0.274. The molecular formula is C22H23N3O4. The summed E-state index contributed by atoms with van der Waals surface area (Å²) < 4.78 is 16.0. The number of nitrogens with zero attached hydrogens (tertiary/aromatic N) is 1. The molecule has 29 heavy (non-hydrogen) atoms. The minimum absolute atomic E-state index is 0.274. The summed E-state index contributed by atoms with van der Waals surface area (Å²) in [6, 6.07) is 18.0. The standard InChI is InChI=1S/C22H23N3O4/c1-27-17-8-10-18(11-9-17)29-14-13-23-16-7-12-21(24-15-16)25-22(26)19-5-3-4-6-20(19)28-2/h3-12,15,23H,13-14H2,1-2H3,(H,24,25,26). The van der Waals surface area contributed by atoms with Crippen molar-refractivity contribution in [3.63, 3.8) is 0 Å². The lowest BCUT2D eigenvalue weighted by atomic mass is 10.2. The molecule has 0 radical (unpaired) electrons. The fourth-order valence-electron chi connectivity index (χ4n) is 2.62. The first kappa shape index (κ1) is 20.0. The van der Waals surface area contributed by atoms with Gasteiger partial charge in [-0.25, -0.2) is 4.98 Å². The Morgan fingerprint density at radius 1 is 0.931 bits per heavy atom. The number of hydrogen-bond acceptors (Lipinski definition) is 6. The molecule has 150 valence electrons. The minimum Gasteiger partial charge on any atom is -0.497 e. The van der Waals surface area contributed by atoms with Crippen molar-refractivity contribution in [3.8, 4) is 17.2 Å². The van der Waals surface area contributed by atoms with E-state index in [-0.39, 0.29) is 5.91 Å². The third kappa shape index (κ3) is 5.62. The number of carbonyl (C=O) groups is 1. The molecule has 0 saturated carbocycles. The van der Waals surface area contributed by atoms with Crippen LogP contribution in [0.4, 0.5) is 11.5 Å². The highest BCUT2D eigenvalue weighted by Crippen LogP contribution is 2.19. The van der Waals surface area contributed by atoms with Gasteiger partial charge in [0.05, 0.1) is 31.7 Å². The van der Waals surface area contributed by atoms with Crippen LogP contribution in [0.1, 0.15) is 10.4 Å². The molecule has 0 aliphatic rings. The molecule has 3 aromatic rings. The number of rotatable bonds is 9. The highest BCUT2D eigenvalue weighted by molar-refractivity contribution is 6.05. The summed E-state index contributed by atoms with van der Waals surface area (Å²) in [4.78, 5) is 16.7. The van der Waals surface area contributed by atoms with Crippen LogP contribution in [-0.4, -0.2) is 38.3 Å². The van der Waals surface area contributed by atoms with Crippen molar-refractivity contribution in [2.75, 3.05) is 38.0 Å². The fraction of sp³-hybridized carbons (Fsp3) is 0.182. The first-order chi connectivity index (χ1) is 14.2. The van der Waals surface area contributed by atoms with E-state index in [0.717, 1.165) is 17.2 Å². The lowest BCUT2D eigenvalue weighted by Crippen LogP contribution is -2.14. The summed E-state index contributed by atoms with van der Waals surface area (Å²) in [5.74, 6) is 2.27. The van der Waals surface area contributed by atoms with Crippen molar-refractivity contribution >= 4 is 17.4 Å². The molecule has 2 aromatic carbocycles. The van der Waals surface area contributed by atoms with Crippen molar-refractivity contribution in [1.82, 2.24) is 4.98 Å². The molecule has 1 heterocycles. The van der Waals surface area contributed by atoms with Crippen LogP contribution in [0.25, 0.3) is 0 Å². The van der Waals surface area contributed by atoms with Gasteiger partial charge < -0.3 is 24.8 Å². The molecule has 0 atom stereocenters. The normalized spacial score (nSPS) is 10.1. The number of aromatic nitrogens is 1.